The van der Waals surface area contributed by atoms with E-state index in [1.165, 1.54) is 24.5 Å². The molecular weight excluding hydrogens is 340 g/mol. The molecule has 0 saturated carbocycles. The van der Waals surface area contributed by atoms with Gasteiger partial charge >= 0.3 is 5.97 Å². The van der Waals surface area contributed by atoms with E-state index in [1.54, 1.807) is 18.2 Å². The van der Waals surface area contributed by atoms with Gasteiger partial charge in [-0.1, -0.05) is 23.5 Å². The molecule has 0 fully saturated rings. The summed E-state index contributed by atoms with van der Waals surface area (Å²) in [6.45, 7) is 0. The third kappa shape index (κ3) is 4.54. The third-order valence-electron chi connectivity index (χ3n) is 3.41. The number of anilines is 1. The Bertz CT molecular complexity index is 893. The van der Waals surface area contributed by atoms with Gasteiger partial charge in [0, 0.05) is 12.5 Å². The van der Waals surface area contributed by atoms with E-state index in [-0.39, 0.29) is 18.3 Å². The predicted octanol–water partition coefficient (Wildman–Crippen LogP) is 3.65. The third-order valence-corrected chi connectivity index (χ3v) is 4.36. The minimum atomic E-state index is -0.288. The second kappa shape index (κ2) is 7.76. The van der Waals surface area contributed by atoms with Gasteiger partial charge in [-0.3, -0.25) is 14.9 Å². The van der Waals surface area contributed by atoms with Gasteiger partial charge < -0.3 is 9.15 Å². The molecule has 3 aromatic rings. The average Bonchev–Trinajstić information content (AvgIpc) is 3.23. The zero-order chi connectivity index (χ0) is 17.6. The van der Waals surface area contributed by atoms with Crippen LogP contribution in [-0.2, 0) is 20.7 Å². The molecule has 2 aromatic heterocycles. The molecule has 128 valence electrons. The number of fused-ring (bicyclic) bond motifs is 1. The number of ether oxygens (including phenoxy) is 1. The Labute approximate surface area is 148 Å². The number of para-hydroxylation sites is 1. The van der Waals surface area contributed by atoms with Crippen LogP contribution in [0.3, 0.4) is 0 Å². The fourth-order valence-corrected chi connectivity index (χ4v) is 3.05. The molecule has 0 atom stereocenters. The molecule has 0 bridgehead atoms. The number of carbonyl (C=O) groups excluding carboxylic acids is 2. The van der Waals surface area contributed by atoms with E-state index in [2.05, 4.69) is 15.0 Å². The number of nitrogens with one attached hydrogen (secondary N) is 1. The number of amides is 1. The molecule has 3 rings (SSSR count). The van der Waals surface area contributed by atoms with Crippen LogP contribution in [0.5, 0.6) is 0 Å². The lowest BCUT2D eigenvalue weighted by Gasteiger charge is -1.96. The van der Waals surface area contributed by atoms with Crippen LogP contribution in [0.15, 0.2) is 46.9 Å². The van der Waals surface area contributed by atoms with E-state index in [4.69, 9.17) is 4.42 Å². The van der Waals surface area contributed by atoms with E-state index in [9.17, 15) is 9.59 Å². The normalized spacial score (nSPS) is 11.1. The number of hydrogen-bond donors (Lipinski definition) is 1. The molecule has 0 spiro atoms. The van der Waals surface area contributed by atoms with Gasteiger partial charge in [-0.2, -0.15) is 0 Å². The zero-order valence-corrected chi connectivity index (χ0v) is 14.3. The van der Waals surface area contributed by atoms with E-state index in [1.807, 2.05) is 24.3 Å². The summed E-state index contributed by atoms with van der Waals surface area (Å²) in [4.78, 5) is 27.4. The number of nitrogens with zero attached hydrogens (tertiary/aromatic N) is 1. The fourth-order valence-electron chi connectivity index (χ4n) is 2.18. The number of carbonyl (C=O) groups is 2. The molecule has 0 radical (unpaired) electrons. The highest BCUT2D eigenvalue weighted by molar-refractivity contribution is 7.22. The molecule has 2 heterocycles. The van der Waals surface area contributed by atoms with Crippen LogP contribution >= 0.6 is 11.3 Å². The summed E-state index contributed by atoms with van der Waals surface area (Å²) in [5.41, 5.74) is 0.855. The number of aryl methyl sites for hydroxylation is 1. The quantitative estimate of drug-likeness (QED) is 0.538. The first kappa shape index (κ1) is 16.9. The van der Waals surface area contributed by atoms with Crippen molar-refractivity contribution in [2.75, 3.05) is 12.4 Å². The first-order valence-electron chi connectivity index (χ1n) is 7.64. The predicted molar refractivity (Wildman–Crippen MR) is 96.3 cm³/mol. The summed E-state index contributed by atoms with van der Waals surface area (Å²) in [5.74, 6) is 0.631. The Kier molecular flexibility index (Phi) is 5.25. The van der Waals surface area contributed by atoms with E-state index in [0.717, 1.165) is 10.2 Å². The van der Waals surface area contributed by atoms with Crippen molar-refractivity contribution >= 4 is 44.6 Å². The molecule has 0 aliphatic rings. The number of hydrogen-bond acceptors (Lipinski definition) is 6. The highest BCUT2D eigenvalue weighted by Crippen LogP contribution is 2.25. The maximum absolute atomic E-state index is 12.0. The first-order chi connectivity index (χ1) is 12.1. The van der Waals surface area contributed by atoms with Crippen molar-refractivity contribution in [3.8, 4) is 0 Å². The van der Waals surface area contributed by atoms with Crippen molar-refractivity contribution in [3.05, 3.63) is 54.0 Å². The Hall–Kier alpha value is -2.93. The number of rotatable bonds is 6. The first-order valence-corrected chi connectivity index (χ1v) is 8.46. The van der Waals surface area contributed by atoms with Crippen LogP contribution < -0.4 is 5.32 Å². The fraction of sp³-hybridized carbons (Fsp3) is 0.167. The van der Waals surface area contributed by atoms with E-state index < -0.39 is 0 Å². The zero-order valence-electron chi connectivity index (χ0n) is 13.5. The molecular formula is C18H16N2O4S. The maximum atomic E-state index is 12.0. The lowest BCUT2D eigenvalue weighted by Crippen LogP contribution is -2.07. The van der Waals surface area contributed by atoms with Crippen molar-refractivity contribution < 1.29 is 18.7 Å². The van der Waals surface area contributed by atoms with Gasteiger partial charge in [-0.25, -0.2) is 4.98 Å². The SMILES string of the molecule is COC(=O)CCc1ccc(/C=C/C(=O)Nc2nc3ccccc3s2)o1. The Morgan fingerprint density at radius 2 is 2.12 bits per heavy atom. The van der Waals surface area contributed by atoms with Crippen molar-refractivity contribution in [2.24, 2.45) is 0 Å². The molecule has 7 heteroatoms. The number of esters is 1. The van der Waals surface area contributed by atoms with Crippen molar-refractivity contribution in [1.29, 1.82) is 0 Å². The van der Waals surface area contributed by atoms with E-state index >= 15 is 0 Å². The maximum Gasteiger partial charge on any atom is 0.305 e. The number of benzene rings is 1. The summed E-state index contributed by atoms with van der Waals surface area (Å²) in [6, 6.07) is 11.2. The molecule has 0 aliphatic heterocycles. The minimum absolute atomic E-state index is 0.255. The number of aromatic nitrogens is 1. The standard InChI is InChI=1S/C18H16N2O4S/c1-23-17(22)11-9-13-7-6-12(24-13)8-10-16(21)20-18-19-14-4-2-3-5-15(14)25-18/h2-8,10H,9,11H2,1H3,(H,19,20,21)/b10-8+. The summed E-state index contributed by atoms with van der Waals surface area (Å²) in [7, 11) is 1.35. The van der Waals surface area contributed by atoms with E-state index in [0.29, 0.717) is 23.1 Å². The molecule has 25 heavy (non-hydrogen) atoms. The lowest BCUT2D eigenvalue weighted by atomic mass is 10.2. The van der Waals surface area contributed by atoms with Gasteiger partial charge in [-0.05, 0) is 30.3 Å². The monoisotopic (exact) mass is 356 g/mol. The Morgan fingerprint density at radius 1 is 1.28 bits per heavy atom. The number of methoxy groups -OCH3 is 1. The van der Waals surface area contributed by atoms with Gasteiger partial charge in [0.25, 0.3) is 0 Å². The average molecular weight is 356 g/mol. The van der Waals surface area contributed by atoms with Gasteiger partial charge in [0.15, 0.2) is 5.13 Å². The van der Waals surface area contributed by atoms with Crippen LogP contribution in [-0.4, -0.2) is 24.0 Å². The highest BCUT2D eigenvalue weighted by Gasteiger charge is 2.07. The van der Waals surface area contributed by atoms with Gasteiger partial charge in [0.2, 0.25) is 5.91 Å². The summed E-state index contributed by atoms with van der Waals surface area (Å²) in [5, 5.41) is 3.28. The Morgan fingerprint density at radius 3 is 2.92 bits per heavy atom. The molecule has 1 amide bonds. The van der Waals surface area contributed by atoms with Gasteiger partial charge in [-0.15, -0.1) is 0 Å². The number of thiazole rings is 1. The second-order valence-corrected chi connectivity index (χ2v) is 6.22. The van der Waals surface area contributed by atoms with Crippen molar-refractivity contribution in [1.82, 2.24) is 4.98 Å². The van der Waals surface area contributed by atoms with Gasteiger partial charge in [0.1, 0.15) is 11.5 Å². The van der Waals surface area contributed by atoms with Crippen LogP contribution in [0.25, 0.3) is 16.3 Å². The summed E-state index contributed by atoms with van der Waals surface area (Å²) < 4.78 is 11.1. The molecule has 1 N–H and O–H groups in total. The smallest absolute Gasteiger partial charge is 0.305 e. The van der Waals surface area contributed by atoms with Crippen LogP contribution in [0.1, 0.15) is 17.9 Å². The number of furan rings is 1. The topological polar surface area (TPSA) is 81.4 Å². The van der Waals surface area contributed by atoms with Crippen molar-refractivity contribution in [2.45, 2.75) is 12.8 Å². The summed E-state index contributed by atoms with van der Waals surface area (Å²) >= 11 is 1.42. The Balaban J connectivity index is 1.57. The molecule has 6 nitrogen and oxygen atoms in total. The van der Waals surface area contributed by atoms with Crippen LogP contribution in [0.2, 0.25) is 0 Å². The largest absolute Gasteiger partial charge is 0.469 e. The minimum Gasteiger partial charge on any atom is -0.469 e. The lowest BCUT2D eigenvalue weighted by molar-refractivity contribution is -0.140. The van der Waals surface area contributed by atoms with Gasteiger partial charge in [0.05, 0.1) is 23.7 Å². The van der Waals surface area contributed by atoms with Crippen LogP contribution in [0.4, 0.5) is 5.13 Å². The summed E-state index contributed by atoms with van der Waals surface area (Å²) in [6.07, 6.45) is 3.67. The highest BCUT2D eigenvalue weighted by atomic mass is 32.1. The molecule has 0 saturated heterocycles. The van der Waals surface area contributed by atoms with Crippen LogP contribution in [0, 0.1) is 0 Å². The van der Waals surface area contributed by atoms with Crippen molar-refractivity contribution in [3.63, 3.8) is 0 Å². The molecule has 0 aliphatic carbocycles. The second-order valence-electron chi connectivity index (χ2n) is 5.19. The molecule has 1 aromatic carbocycles. The molecule has 0 unspecified atom stereocenters.